The molecule has 120 heavy (non-hydrogen) atoms. The van der Waals surface area contributed by atoms with Crippen molar-refractivity contribution < 1.29 is 102 Å². The molecule has 0 spiro atoms. The molecule has 4 unspecified atom stereocenters. The Balaban J connectivity index is 2.55. The fourth-order valence-corrected chi connectivity index (χ4v) is 17.2. The predicted octanol–water partition coefficient (Wildman–Crippen LogP) is 21.0. The first-order valence-electron chi connectivity index (χ1n) is 49.6. The maximum atomic E-state index is 14.9. The van der Waals surface area contributed by atoms with Crippen LogP contribution in [0.25, 0.3) is 0 Å². The molecule has 2 amide bonds. The van der Waals surface area contributed by atoms with E-state index in [0.29, 0.717) is 50.4 Å². The van der Waals surface area contributed by atoms with E-state index in [4.69, 9.17) is 32.9 Å². The van der Waals surface area contributed by atoms with E-state index in [-0.39, 0.29) is 32.1 Å². The lowest BCUT2D eigenvalue weighted by molar-refractivity contribution is -0.298. The number of aliphatic hydroxyl groups excluding tert-OH is 6. The first-order valence-corrected chi connectivity index (χ1v) is 51.1. The van der Waals surface area contributed by atoms with Gasteiger partial charge in [0, 0.05) is 6.42 Å². The molecule has 2 saturated heterocycles. The largest absolute Gasteiger partial charge is 0.472 e. The molecule has 2 rings (SSSR count). The number of ether oxygens (including phenoxy) is 6. The highest BCUT2D eigenvalue weighted by Crippen LogP contribution is 2.42. The molecule has 23 nitrogen and oxygen atoms in total. The third-order valence-corrected chi connectivity index (χ3v) is 24.6. The number of esters is 3. The Morgan fingerprint density at radius 1 is 0.358 bits per heavy atom. The number of phosphoric ester groups is 1. The molecule has 2 aliphatic heterocycles. The van der Waals surface area contributed by atoms with Crippen LogP contribution >= 0.6 is 7.82 Å². The van der Waals surface area contributed by atoms with Crippen LogP contribution in [0.5, 0.6) is 0 Å². The monoisotopic (exact) mass is 1730 g/mol. The quantitative estimate of drug-likeness (QED) is 0.0117. The summed E-state index contributed by atoms with van der Waals surface area (Å²) in [5, 5.41) is 74.5. The smallest absolute Gasteiger partial charge is 0.462 e. The number of nitrogens with one attached hydrogen (secondary N) is 2. The topological polar surface area (TPSA) is 353 Å². The van der Waals surface area contributed by atoms with Crippen LogP contribution in [0, 0.1) is 17.8 Å². The summed E-state index contributed by atoms with van der Waals surface area (Å²) < 4.78 is 55.0. The van der Waals surface area contributed by atoms with Crippen LogP contribution in [0.1, 0.15) is 466 Å². The maximum absolute atomic E-state index is 14.9. The zero-order valence-electron chi connectivity index (χ0n) is 77.3. The molecule has 2 fully saturated rings. The van der Waals surface area contributed by atoms with Crippen LogP contribution in [0.3, 0.4) is 0 Å². The second kappa shape index (κ2) is 74.1. The lowest BCUT2D eigenvalue weighted by Gasteiger charge is -2.46. The van der Waals surface area contributed by atoms with Crippen molar-refractivity contribution in [2.75, 3.05) is 13.2 Å². The van der Waals surface area contributed by atoms with Crippen LogP contribution in [0.4, 0.5) is 0 Å². The maximum Gasteiger partial charge on any atom is 0.472 e. The van der Waals surface area contributed by atoms with Gasteiger partial charge in [-0.05, 0) is 56.3 Å². The molecule has 10 N–H and O–H groups in total. The van der Waals surface area contributed by atoms with Crippen LogP contribution in [-0.4, -0.2) is 169 Å². The van der Waals surface area contributed by atoms with Crippen molar-refractivity contribution in [3.05, 3.63) is 0 Å². The van der Waals surface area contributed by atoms with Crippen molar-refractivity contribution in [1.82, 2.24) is 10.6 Å². The van der Waals surface area contributed by atoms with Crippen LogP contribution in [0.2, 0.25) is 0 Å². The predicted molar refractivity (Wildman–Crippen MR) is 478 cm³/mol. The number of carbonyl (C=O) groups excluding carboxylic acids is 5. The third kappa shape index (κ3) is 61.5. The van der Waals surface area contributed by atoms with Crippen molar-refractivity contribution in [3.63, 3.8) is 0 Å². The molecule has 0 aliphatic carbocycles. The molecule has 24 heteroatoms. The van der Waals surface area contributed by atoms with Gasteiger partial charge in [0.25, 0.3) is 0 Å². The van der Waals surface area contributed by atoms with E-state index in [1.54, 1.807) is 0 Å². The van der Waals surface area contributed by atoms with Crippen LogP contribution < -0.4 is 10.6 Å². The molecular formula is C96H183N2O21P. The summed E-state index contributed by atoms with van der Waals surface area (Å²) in [5.41, 5.74) is 0. The second-order valence-electron chi connectivity index (χ2n) is 37.3. The Kier molecular flexibility index (Phi) is 69.9. The van der Waals surface area contributed by atoms with Crippen molar-refractivity contribution in [3.8, 4) is 0 Å². The molecule has 0 bridgehead atoms. The van der Waals surface area contributed by atoms with Gasteiger partial charge in [-0.1, -0.05) is 396 Å². The normalized spacial score (nSPS) is 20.7. The minimum absolute atomic E-state index is 0.156. The summed E-state index contributed by atoms with van der Waals surface area (Å²) >= 11 is 0. The number of hydrogen-bond donors (Lipinski definition) is 10. The highest BCUT2D eigenvalue weighted by Gasteiger charge is 2.53. The third-order valence-electron chi connectivity index (χ3n) is 24.1. The van der Waals surface area contributed by atoms with Crippen LogP contribution in [-0.2, 0) is 61.5 Å². The number of rotatable bonds is 82. The average molecular weight is 1730 g/mol. The van der Waals surface area contributed by atoms with E-state index in [2.05, 4.69) is 66.0 Å². The van der Waals surface area contributed by atoms with Crippen molar-refractivity contribution in [2.24, 2.45) is 17.8 Å². The van der Waals surface area contributed by atoms with Crippen LogP contribution in [0.15, 0.2) is 0 Å². The number of amides is 2. The summed E-state index contributed by atoms with van der Waals surface area (Å²) in [6, 6.07) is -3.52. The highest BCUT2D eigenvalue weighted by molar-refractivity contribution is 7.46. The molecule has 708 valence electrons. The molecule has 2 heterocycles. The van der Waals surface area contributed by atoms with Gasteiger partial charge in [-0.25, -0.2) is 4.57 Å². The molecule has 0 aromatic rings. The number of phosphoric acid groups is 1. The lowest BCUT2D eigenvalue weighted by atomic mass is 9.95. The Morgan fingerprint density at radius 2 is 0.642 bits per heavy atom. The van der Waals surface area contributed by atoms with E-state index < -0.39 is 156 Å². The summed E-state index contributed by atoms with van der Waals surface area (Å²) in [5.74, 6) is -1.93. The standard InChI is InChI=1S/C96H183N2O21P/c1-9-11-13-15-17-19-21-22-24-34-44-52-60-68-86(105)114-81(67-59-51-43-33-28-26-30-38-46-54-62-76(5)6)72-85(104)98-89-93(117-87(106)70-79(101)65-58-50-42-36-35-39-47-55-63-77(7)8)91(108)82(73-99)115-95(89)113-74-83-92(109)94(118-88(107)71-80(102)66-57-49-41-31-23-20-18-16-14-12-10-2)90(96(116-83)119-120(110,111)112)97-84(103)69-78(100)64-56-48-40-32-27-25-29-37-45-53-61-75(3)4/h75-83,89-96,99-102,108-109H,9-74H2,1-8H3,(H,97,103)(H,98,104)(H2,110,111,112)/t78?,79?,80?,81?,82-,83-,89-,90-,91-,92-,93-,94-,95-,96+/m1/s1. The summed E-state index contributed by atoms with van der Waals surface area (Å²) in [4.78, 5) is 91.9. The molecule has 0 aromatic heterocycles. The van der Waals surface area contributed by atoms with Gasteiger partial charge in [0.1, 0.15) is 42.6 Å². The second-order valence-corrected chi connectivity index (χ2v) is 38.5. The van der Waals surface area contributed by atoms with Gasteiger partial charge in [-0.3, -0.25) is 28.5 Å². The summed E-state index contributed by atoms with van der Waals surface area (Å²) in [6.45, 7) is 16.2. The highest BCUT2D eigenvalue weighted by atomic mass is 31.2. The number of aliphatic hydroxyl groups is 6. The van der Waals surface area contributed by atoms with Gasteiger partial charge in [-0.15, -0.1) is 0 Å². The molecule has 0 saturated carbocycles. The van der Waals surface area contributed by atoms with Gasteiger partial charge in [0.05, 0.1) is 57.2 Å². The lowest BCUT2D eigenvalue weighted by Crippen LogP contribution is -2.67. The molecule has 14 atom stereocenters. The Morgan fingerprint density at radius 3 is 0.975 bits per heavy atom. The molecule has 0 aromatic carbocycles. The van der Waals surface area contributed by atoms with Crippen molar-refractivity contribution in [1.29, 1.82) is 0 Å². The SMILES string of the molecule is CCCCCCCCCCCCCCCC(=O)OC(CCCCCCCCCCCCC(C)C)CC(=O)N[C@H]1[C@H](OC[C@H]2O[C@@H](OP(=O)(O)O)[C@H](NC(=O)CC(O)CCCCCCCCCCCCC(C)C)[C@@H](OC(=O)CC(O)CCCCCCCCCCCCC)[C@@H]2O)O[C@H](CO)[C@@H](O)[C@@H]1OC(=O)CC(O)CCCCCCCCCCC(C)C. The Labute approximate surface area is 729 Å². The van der Waals surface area contributed by atoms with E-state index in [1.165, 1.54) is 180 Å². The number of carbonyl (C=O) groups is 5. The number of hydrogen-bond acceptors (Lipinski definition) is 19. The molecular weight excluding hydrogens is 1550 g/mol. The van der Waals surface area contributed by atoms with Gasteiger partial charge in [0.2, 0.25) is 11.8 Å². The fraction of sp³-hybridized carbons (Fsp3) is 0.948. The van der Waals surface area contributed by atoms with E-state index in [0.717, 1.165) is 147 Å². The Hall–Kier alpha value is -2.90. The zero-order chi connectivity index (χ0) is 88.2. The fourth-order valence-electron chi connectivity index (χ4n) is 16.7. The molecule has 0 radical (unpaired) electrons. The van der Waals surface area contributed by atoms with Gasteiger partial charge in [0.15, 0.2) is 24.8 Å². The van der Waals surface area contributed by atoms with Gasteiger partial charge >= 0.3 is 25.7 Å². The first kappa shape index (κ1) is 113. The summed E-state index contributed by atoms with van der Waals surface area (Å²) in [7, 11) is -5.60. The van der Waals surface area contributed by atoms with Gasteiger partial charge in [-0.2, -0.15) is 0 Å². The first-order chi connectivity index (χ1) is 57.8. The Bertz CT molecular complexity index is 2510. The molecule has 2 aliphatic rings. The average Bonchev–Trinajstić information content (AvgIpc) is 0.803. The van der Waals surface area contributed by atoms with Crippen molar-refractivity contribution >= 4 is 37.5 Å². The van der Waals surface area contributed by atoms with E-state index in [9.17, 15) is 69.0 Å². The minimum atomic E-state index is -5.60. The number of unbranched alkanes of at least 4 members (excludes halogenated alkanes) is 47. The minimum Gasteiger partial charge on any atom is -0.462 e. The van der Waals surface area contributed by atoms with E-state index in [1.807, 2.05) is 0 Å². The summed E-state index contributed by atoms with van der Waals surface area (Å²) in [6.07, 6.45) is 39.8. The van der Waals surface area contributed by atoms with Gasteiger partial charge < -0.3 is 79.5 Å². The van der Waals surface area contributed by atoms with Crippen molar-refractivity contribution in [2.45, 2.75) is 552 Å². The van der Waals surface area contributed by atoms with E-state index >= 15 is 0 Å². The zero-order valence-corrected chi connectivity index (χ0v) is 78.2.